The molecule has 2 aromatic heterocycles. The average molecular weight is 591 g/mol. The molecule has 1 atom stereocenters. The Balaban J connectivity index is 1.72. The Kier molecular flexibility index (Phi) is 7.62. The lowest BCUT2D eigenvalue weighted by Crippen LogP contribution is -2.37. The smallest absolute Gasteiger partial charge is 0.364 e. The largest absolute Gasteiger partial charge is 0.416 e. The summed E-state index contributed by atoms with van der Waals surface area (Å²) in [5, 5.41) is 9.88. The van der Waals surface area contributed by atoms with Gasteiger partial charge in [0.1, 0.15) is 12.2 Å². The fourth-order valence-electron chi connectivity index (χ4n) is 4.26. The first kappa shape index (κ1) is 26.4. The molecule has 9 nitrogen and oxygen atoms in total. The number of rotatable bonds is 5. The predicted molar refractivity (Wildman–Crippen MR) is 134 cm³/mol. The summed E-state index contributed by atoms with van der Waals surface area (Å²) in [6.45, 7) is 5.63. The number of hydrogen-bond acceptors (Lipinski definition) is 6. The van der Waals surface area contributed by atoms with Gasteiger partial charge in [0.2, 0.25) is 16.4 Å². The zero-order valence-corrected chi connectivity index (χ0v) is 21.8. The number of alkyl halides is 3. The van der Waals surface area contributed by atoms with Crippen LogP contribution in [0, 0.1) is 0 Å². The topological polar surface area (TPSA) is 96.6 Å². The first-order valence-corrected chi connectivity index (χ1v) is 12.5. The molecule has 0 saturated carbocycles. The SMILES string of the molecule is CCc1c(N2CCN[C@H](C)CC2)c(=O)n2nc(Br)nc2n1CC(=O)Nc1ccc(C(F)(F)F)cc1Cl. The number of hydrogen-bond donors (Lipinski definition) is 2. The summed E-state index contributed by atoms with van der Waals surface area (Å²) >= 11 is 9.21. The van der Waals surface area contributed by atoms with Gasteiger partial charge in [0.15, 0.2) is 0 Å². The second-order valence-electron chi connectivity index (χ2n) is 8.50. The molecule has 194 valence electrons. The zero-order valence-electron chi connectivity index (χ0n) is 19.5. The number of carbonyl (C=O) groups excluding carboxylic acids is 1. The Labute approximate surface area is 217 Å². The maximum absolute atomic E-state index is 13.5. The number of aromatic nitrogens is 4. The number of fused-ring (bicyclic) bond motifs is 1. The Morgan fingerprint density at radius 2 is 2.08 bits per heavy atom. The highest BCUT2D eigenvalue weighted by atomic mass is 79.9. The Morgan fingerprint density at radius 1 is 1.33 bits per heavy atom. The van der Waals surface area contributed by atoms with Crippen molar-refractivity contribution in [2.45, 2.75) is 45.5 Å². The van der Waals surface area contributed by atoms with Gasteiger partial charge in [-0.05, 0) is 53.9 Å². The molecule has 2 N–H and O–H groups in total. The summed E-state index contributed by atoms with van der Waals surface area (Å²) in [5.41, 5.74) is -0.161. The third kappa shape index (κ3) is 5.37. The quantitative estimate of drug-likeness (QED) is 0.471. The molecule has 3 heterocycles. The summed E-state index contributed by atoms with van der Waals surface area (Å²) in [6, 6.07) is 3.01. The average Bonchev–Trinajstić information content (AvgIpc) is 3.07. The van der Waals surface area contributed by atoms with Gasteiger partial charge >= 0.3 is 6.18 Å². The van der Waals surface area contributed by atoms with E-state index in [1.807, 2.05) is 11.8 Å². The lowest BCUT2D eigenvalue weighted by atomic mass is 10.2. The monoisotopic (exact) mass is 589 g/mol. The molecule has 1 fully saturated rings. The van der Waals surface area contributed by atoms with Gasteiger partial charge in [-0.15, -0.1) is 5.10 Å². The van der Waals surface area contributed by atoms with E-state index in [0.29, 0.717) is 43.5 Å². The molecule has 1 amide bonds. The molecule has 4 rings (SSSR count). The van der Waals surface area contributed by atoms with Crippen molar-refractivity contribution < 1.29 is 18.0 Å². The minimum atomic E-state index is -4.55. The molecule has 1 saturated heterocycles. The number of amides is 1. The van der Waals surface area contributed by atoms with Gasteiger partial charge in [-0.1, -0.05) is 18.5 Å². The summed E-state index contributed by atoms with van der Waals surface area (Å²) in [6.07, 6.45) is -3.30. The molecular weight excluding hydrogens is 567 g/mol. The van der Waals surface area contributed by atoms with Gasteiger partial charge in [-0.25, -0.2) is 0 Å². The van der Waals surface area contributed by atoms with Crippen LogP contribution < -0.4 is 21.1 Å². The van der Waals surface area contributed by atoms with Gasteiger partial charge in [0.25, 0.3) is 5.56 Å². The standard InChI is InChI=1S/C22H24BrClF3N7O2/c1-3-16-18(32-8-6-12(2)28-7-9-32)19(36)34-21(30-20(23)31-34)33(16)11-17(35)29-15-5-4-13(10-14(15)24)22(25,26)27/h4-5,10,12,28H,3,6-9,11H2,1-2H3,(H,29,35)/t12-/m1/s1. The van der Waals surface area contributed by atoms with Crippen molar-refractivity contribution in [2.24, 2.45) is 0 Å². The van der Waals surface area contributed by atoms with E-state index < -0.39 is 17.6 Å². The van der Waals surface area contributed by atoms with Crippen LogP contribution in [0.15, 0.2) is 27.7 Å². The lowest BCUT2D eigenvalue weighted by molar-refractivity contribution is -0.137. The third-order valence-corrected chi connectivity index (χ3v) is 6.68. The van der Waals surface area contributed by atoms with E-state index in [1.165, 1.54) is 0 Å². The highest BCUT2D eigenvalue weighted by Crippen LogP contribution is 2.33. The predicted octanol–water partition coefficient (Wildman–Crippen LogP) is 3.72. The van der Waals surface area contributed by atoms with Gasteiger partial charge in [0, 0.05) is 25.7 Å². The Hall–Kier alpha value is -2.64. The van der Waals surface area contributed by atoms with Gasteiger partial charge < -0.3 is 20.1 Å². The molecule has 0 radical (unpaired) electrons. The number of carbonyl (C=O) groups is 1. The van der Waals surface area contributed by atoms with Crippen LogP contribution in [-0.2, 0) is 23.9 Å². The first-order valence-electron chi connectivity index (χ1n) is 11.3. The lowest BCUT2D eigenvalue weighted by Gasteiger charge is -2.26. The fraction of sp³-hybridized carbons (Fsp3) is 0.455. The van der Waals surface area contributed by atoms with Crippen LogP contribution in [0.2, 0.25) is 5.02 Å². The van der Waals surface area contributed by atoms with Crippen molar-refractivity contribution in [1.29, 1.82) is 0 Å². The van der Waals surface area contributed by atoms with E-state index in [4.69, 9.17) is 11.6 Å². The number of nitrogens with zero attached hydrogens (tertiary/aromatic N) is 5. The van der Waals surface area contributed by atoms with E-state index in [2.05, 4.69) is 43.6 Å². The van der Waals surface area contributed by atoms with Crippen molar-refractivity contribution in [1.82, 2.24) is 24.5 Å². The molecule has 14 heteroatoms. The van der Waals surface area contributed by atoms with Crippen LogP contribution >= 0.6 is 27.5 Å². The van der Waals surface area contributed by atoms with Gasteiger partial charge in [-0.2, -0.15) is 22.7 Å². The van der Waals surface area contributed by atoms with Crippen molar-refractivity contribution in [3.05, 3.63) is 49.6 Å². The summed E-state index contributed by atoms with van der Waals surface area (Å²) in [7, 11) is 0. The van der Waals surface area contributed by atoms with E-state index in [9.17, 15) is 22.8 Å². The van der Waals surface area contributed by atoms with Crippen molar-refractivity contribution >= 4 is 50.6 Å². The summed E-state index contributed by atoms with van der Waals surface area (Å²) in [5.74, 6) is -0.379. The fourth-order valence-corrected chi connectivity index (χ4v) is 4.81. The third-order valence-electron chi connectivity index (χ3n) is 6.03. The molecule has 0 spiro atoms. The second kappa shape index (κ2) is 10.4. The van der Waals surface area contributed by atoms with E-state index in [-0.39, 0.29) is 33.3 Å². The van der Waals surface area contributed by atoms with E-state index in [1.54, 1.807) is 4.57 Å². The van der Waals surface area contributed by atoms with Crippen LogP contribution in [0.5, 0.6) is 0 Å². The van der Waals surface area contributed by atoms with Crippen LogP contribution in [-0.4, -0.2) is 50.7 Å². The molecular formula is C22H24BrClF3N7O2. The van der Waals surface area contributed by atoms with Crippen molar-refractivity contribution in [3.8, 4) is 0 Å². The van der Waals surface area contributed by atoms with Crippen LogP contribution in [0.4, 0.5) is 24.5 Å². The number of anilines is 2. The number of benzene rings is 1. The molecule has 0 aliphatic carbocycles. The van der Waals surface area contributed by atoms with E-state index in [0.717, 1.165) is 29.1 Å². The highest BCUT2D eigenvalue weighted by molar-refractivity contribution is 9.10. The minimum absolute atomic E-state index is 0.0419. The Bertz CT molecular complexity index is 1360. The zero-order chi connectivity index (χ0) is 26.2. The normalized spacial score (nSPS) is 16.9. The summed E-state index contributed by atoms with van der Waals surface area (Å²) in [4.78, 5) is 32.8. The van der Waals surface area contributed by atoms with Gasteiger partial charge in [-0.3, -0.25) is 9.59 Å². The maximum Gasteiger partial charge on any atom is 0.416 e. The molecule has 3 aromatic rings. The van der Waals surface area contributed by atoms with Crippen LogP contribution in [0.1, 0.15) is 31.5 Å². The molecule has 0 bridgehead atoms. The number of nitrogens with one attached hydrogen (secondary N) is 2. The molecule has 36 heavy (non-hydrogen) atoms. The second-order valence-corrected chi connectivity index (χ2v) is 9.62. The van der Waals surface area contributed by atoms with Crippen molar-refractivity contribution in [2.75, 3.05) is 29.9 Å². The van der Waals surface area contributed by atoms with Crippen LogP contribution in [0.3, 0.4) is 0 Å². The molecule has 1 aliphatic heterocycles. The Morgan fingerprint density at radius 3 is 2.75 bits per heavy atom. The number of halogens is 5. The minimum Gasteiger partial charge on any atom is -0.364 e. The maximum atomic E-state index is 13.5. The highest BCUT2D eigenvalue weighted by Gasteiger charge is 2.31. The van der Waals surface area contributed by atoms with E-state index >= 15 is 0 Å². The molecule has 0 unspecified atom stereocenters. The van der Waals surface area contributed by atoms with Crippen LogP contribution in [0.25, 0.3) is 5.78 Å². The molecule has 1 aliphatic rings. The van der Waals surface area contributed by atoms with Gasteiger partial charge in [0.05, 0.1) is 22.0 Å². The van der Waals surface area contributed by atoms with Crippen molar-refractivity contribution in [3.63, 3.8) is 0 Å². The summed E-state index contributed by atoms with van der Waals surface area (Å²) < 4.78 is 41.8. The first-order chi connectivity index (χ1) is 17.0. The molecule has 1 aromatic carbocycles.